The number of carbonyl (C=O) groups excluding carboxylic acids is 1. The van der Waals surface area contributed by atoms with Gasteiger partial charge in [0.15, 0.2) is 0 Å². The van der Waals surface area contributed by atoms with Crippen LogP contribution < -0.4 is 0 Å². The Bertz CT molecular complexity index is 705. The quantitative estimate of drug-likeness (QED) is 0.653. The van der Waals surface area contributed by atoms with Crippen molar-refractivity contribution in [2.24, 2.45) is 5.92 Å². The van der Waals surface area contributed by atoms with Crippen LogP contribution in [0.25, 0.3) is 0 Å². The average Bonchev–Trinajstić information content (AvgIpc) is 2.65. The van der Waals surface area contributed by atoms with Crippen molar-refractivity contribution in [1.29, 1.82) is 0 Å². The molecule has 1 aliphatic rings. The predicted octanol–water partition coefficient (Wildman–Crippen LogP) is 5.00. The molecule has 1 fully saturated rings. The van der Waals surface area contributed by atoms with Gasteiger partial charge >= 0.3 is 5.97 Å². The summed E-state index contributed by atoms with van der Waals surface area (Å²) in [5.74, 6) is 0.145. The van der Waals surface area contributed by atoms with E-state index in [9.17, 15) is 4.79 Å². The van der Waals surface area contributed by atoms with Crippen LogP contribution in [0.3, 0.4) is 0 Å². The summed E-state index contributed by atoms with van der Waals surface area (Å²) >= 11 is 0. The maximum absolute atomic E-state index is 12.9. The van der Waals surface area contributed by atoms with Crippen molar-refractivity contribution in [1.82, 2.24) is 4.90 Å². The Morgan fingerprint density at radius 2 is 1.67 bits per heavy atom. The molecule has 3 nitrogen and oxygen atoms in total. The lowest BCUT2D eigenvalue weighted by atomic mass is 9.71. The predicted molar refractivity (Wildman–Crippen MR) is 112 cm³/mol. The highest BCUT2D eigenvalue weighted by Crippen LogP contribution is 2.40. The third-order valence-electron chi connectivity index (χ3n) is 5.38. The summed E-state index contributed by atoms with van der Waals surface area (Å²) in [6.07, 6.45) is 5.13. The van der Waals surface area contributed by atoms with Gasteiger partial charge in [-0.25, -0.2) is 4.79 Å². The van der Waals surface area contributed by atoms with Crippen LogP contribution in [0, 0.1) is 5.92 Å². The molecule has 0 saturated heterocycles. The number of nitrogens with zero attached hydrogens (tertiary/aromatic N) is 1. The van der Waals surface area contributed by atoms with Gasteiger partial charge in [-0.15, -0.1) is 12.4 Å². The van der Waals surface area contributed by atoms with Crippen molar-refractivity contribution in [2.75, 3.05) is 20.6 Å². The fourth-order valence-electron chi connectivity index (χ4n) is 4.14. The summed E-state index contributed by atoms with van der Waals surface area (Å²) < 4.78 is 6.32. The molecule has 4 heteroatoms. The van der Waals surface area contributed by atoms with E-state index in [-0.39, 0.29) is 18.4 Å². The molecule has 2 aromatic rings. The minimum atomic E-state index is -0.434. The summed E-state index contributed by atoms with van der Waals surface area (Å²) in [5, 5.41) is 0. The fourth-order valence-corrected chi connectivity index (χ4v) is 4.14. The fraction of sp³-hybridized carbons (Fsp3) is 0.435. The number of carbonyl (C=O) groups is 1. The second-order valence-corrected chi connectivity index (χ2v) is 7.69. The van der Waals surface area contributed by atoms with Gasteiger partial charge < -0.3 is 9.64 Å². The van der Waals surface area contributed by atoms with Crippen LogP contribution in [0.15, 0.2) is 60.7 Å². The lowest BCUT2D eigenvalue weighted by Gasteiger charge is -2.44. The van der Waals surface area contributed by atoms with Gasteiger partial charge in [0.2, 0.25) is 0 Å². The van der Waals surface area contributed by atoms with E-state index in [2.05, 4.69) is 43.3 Å². The molecule has 2 atom stereocenters. The van der Waals surface area contributed by atoms with Crippen LogP contribution >= 0.6 is 12.4 Å². The number of benzene rings is 2. The Labute approximate surface area is 169 Å². The molecule has 146 valence electrons. The number of hydrogen-bond donors (Lipinski definition) is 0. The first kappa shape index (κ1) is 21.5. The zero-order valence-electron chi connectivity index (χ0n) is 16.3. The highest BCUT2D eigenvalue weighted by molar-refractivity contribution is 5.89. The Kier molecular flexibility index (Phi) is 7.88. The molecule has 1 saturated carbocycles. The molecule has 0 N–H and O–H groups in total. The van der Waals surface area contributed by atoms with Crippen molar-refractivity contribution in [2.45, 2.75) is 37.7 Å². The molecule has 0 heterocycles. The van der Waals surface area contributed by atoms with Gasteiger partial charge in [0.05, 0.1) is 5.56 Å². The van der Waals surface area contributed by atoms with E-state index in [1.165, 1.54) is 12.0 Å². The molecule has 0 bridgehead atoms. The van der Waals surface area contributed by atoms with E-state index in [1.54, 1.807) is 0 Å². The van der Waals surface area contributed by atoms with Crippen LogP contribution in [-0.2, 0) is 11.2 Å². The molecule has 27 heavy (non-hydrogen) atoms. The van der Waals surface area contributed by atoms with Crippen molar-refractivity contribution < 1.29 is 9.53 Å². The number of halogens is 1. The topological polar surface area (TPSA) is 29.5 Å². The van der Waals surface area contributed by atoms with Gasteiger partial charge in [0.25, 0.3) is 0 Å². The van der Waals surface area contributed by atoms with E-state index in [4.69, 9.17) is 4.74 Å². The molecule has 0 aliphatic heterocycles. The SMILES string of the molecule is CN(C)CC1CCCCC1(Cc1ccccc1)OC(=O)c1ccccc1.Cl. The summed E-state index contributed by atoms with van der Waals surface area (Å²) in [4.78, 5) is 15.1. The molecular formula is C23H30ClNO2. The number of rotatable bonds is 6. The summed E-state index contributed by atoms with van der Waals surface area (Å²) in [6, 6.07) is 19.8. The first-order valence-corrected chi connectivity index (χ1v) is 9.56. The van der Waals surface area contributed by atoms with Crippen LogP contribution in [0.5, 0.6) is 0 Å². The highest BCUT2D eigenvalue weighted by Gasteiger charge is 2.44. The van der Waals surface area contributed by atoms with Gasteiger partial charge in [-0.3, -0.25) is 0 Å². The minimum absolute atomic E-state index is 0. The first-order chi connectivity index (χ1) is 12.6. The average molecular weight is 388 g/mol. The molecule has 0 radical (unpaired) electrons. The maximum atomic E-state index is 12.9. The summed E-state index contributed by atoms with van der Waals surface area (Å²) in [5.41, 5.74) is 1.43. The smallest absolute Gasteiger partial charge is 0.338 e. The molecule has 2 unspecified atom stereocenters. The minimum Gasteiger partial charge on any atom is -0.455 e. The lowest BCUT2D eigenvalue weighted by Crippen LogP contribution is -2.50. The lowest BCUT2D eigenvalue weighted by molar-refractivity contribution is -0.0767. The Morgan fingerprint density at radius 3 is 2.30 bits per heavy atom. The van der Waals surface area contributed by atoms with Crippen LogP contribution in [0.2, 0.25) is 0 Å². The van der Waals surface area contributed by atoms with Crippen LogP contribution in [-0.4, -0.2) is 37.1 Å². The molecule has 0 aromatic heterocycles. The molecule has 3 rings (SSSR count). The van der Waals surface area contributed by atoms with Gasteiger partial charge in [0.1, 0.15) is 5.60 Å². The Hall–Kier alpha value is -1.84. The van der Waals surface area contributed by atoms with E-state index < -0.39 is 5.60 Å². The number of ether oxygens (including phenoxy) is 1. The standard InChI is InChI=1S/C23H29NO2.ClH/c1-24(2)18-21-15-9-10-16-23(21,17-19-11-5-3-6-12-19)26-22(25)20-13-7-4-8-14-20;/h3-8,11-14,21H,9-10,15-18H2,1-2H3;1H. The second-order valence-electron chi connectivity index (χ2n) is 7.69. The first-order valence-electron chi connectivity index (χ1n) is 9.56. The van der Waals surface area contributed by atoms with Crippen LogP contribution in [0.1, 0.15) is 41.6 Å². The molecule has 2 aromatic carbocycles. The van der Waals surface area contributed by atoms with Crippen molar-refractivity contribution >= 4 is 18.4 Å². The zero-order valence-corrected chi connectivity index (χ0v) is 17.1. The van der Waals surface area contributed by atoms with E-state index in [1.807, 2.05) is 36.4 Å². The van der Waals surface area contributed by atoms with Crippen molar-refractivity contribution in [3.63, 3.8) is 0 Å². The maximum Gasteiger partial charge on any atom is 0.338 e. The van der Waals surface area contributed by atoms with Crippen LogP contribution in [0.4, 0.5) is 0 Å². The second kappa shape index (κ2) is 9.91. The van der Waals surface area contributed by atoms with Crippen molar-refractivity contribution in [3.8, 4) is 0 Å². The van der Waals surface area contributed by atoms with Gasteiger partial charge in [-0.2, -0.15) is 0 Å². The Morgan fingerprint density at radius 1 is 1.04 bits per heavy atom. The largest absolute Gasteiger partial charge is 0.455 e. The molecule has 0 amide bonds. The van der Waals surface area contributed by atoms with Gasteiger partial charge in [-0.05, 0) is 51.1 Å². The summed E-state index contributed by atoms with van der Waals surface area (Å²) in [6.45, 7) is 0.939. The monoisotopic (exact) mass is 387 g/mol. The molecule has 1 aliphatic carbocycles. The van der Waals surface area contributed by atoms with E-state index >= 15 is 0 Å². The third kappa shape index (κ3) is 5.57. The Balaban J connectivity index is 0.00000261. The molecule has 0 spiro atoms. The number of hydrogen-bond acceptors (Lipinski definition) is 3. The van der Waals surface area contributed by atoms with E-state index in [0.29, 0.717) is 11.5 Å². The highest BCUT2D eigenvalue weighted by atomic mass is 35.5. The van der Waals surface area contributed by atoms with E-state index in [0.717, 1.165) is 32.2 Å². The third-order valence-corrected chi connectivity index (χ3v) is 5.38. The van der Waals surface area contributed by atoms with Gasteiger partial charge in [-0.1, -0.05) is 55.0 Å². The number of esters is 1. The van der Waals surface area contributed by atoms with Gasteiger partial charge in [0, 0.05) is 18.9 Å². The normalized spacial score (nSPS) is 22.1. The zero-order chi connectivity index (χ0) is 18.4. The molecular weight excluding hydrogens is 358 g/mol. The van der Waals surface area contributed by atoms with Crippen molar-refractivity contribution in [3.05, 3.63) is 71.8 Å². The summed E-state index contributed by atoms with van der Waals surface area (Å²) in [7, 11) is 4.20.